The Morgan fingerprint density at radius 3 is 3.04 bits per heavy atom. The third-order valence-electron chi connectivity index (χ3n) is 4.21. The van der Waals surface area contributed by atoms with Gasteiger partial charge in [-0.3, -0.25) is 4.79 Å². The van der Waals surface area contributed by atoms with E-state index >= 15 is 0 Å². The highest BCUT2D eigenvalue weighted by Crippen LogP contribution is 2.39. The first-order chi connectivity index (χ1) is 11.1. The van der Waals surface area contributed by atoms with E-state index in [1.807, 2.05) is 31.2 Å². The molecule has 122 valence electrons. The monoisotopic (exact) mass is 316 g/mol. The number of benzene rings is 1. The van der Waals surface area contributed by atoms with Crippen molar-refractivity contribution >= 4 is 11.6 Å². The number of primary amides is 1. The Morgan fingerprint density at radius 2 is 2.30 bits per heavy atom. The van der Waals surface area contributed by atoms with Crippen LogP contribution in [0.15, 0.2) is 28.8 Å². The predicted octanol–water partition coefficient (Wildman–Crippen LogP) is 1.76. The van der Waals surface area contributed by atoms with Gasteiger partial charge in [0.05, 0.1) is 5.92 Å². The Kier molecular flexibility index (Phi) is 4.29. The van der Waals surface area contributed by atoms with Crippen molar-refractivity contribution < 1.29 is 14.1 Å². The smallest absolute Gasteiger partial charge is 0.249 e. The van der Waals surface area contributed by atoms with Crippen LogP contribution in [0.3, 0.4) is 0 Å². The number of anilines is 1. The third-order valence-corrected chi connectivity index (χ3v) is 4.21. The Balaban J connectivity index is 1.90. The first-order valence-electron chi connectivity index (χ1n) is 7.58. The van der Waals surface area contributed by atoms with Crippen molar-refractivity contribution in [1.82, 2.24) is 10.1 Å². The highest BCUT2D eigenvalue weighted by atomic mass is 16.5. The molecule has 3 rings (SSSR count). The minimum atomic E-state index is -0.287. The molecule has 0 radical (unpaired) electrons. The fraction of sp³-hybridized carbons (Fsp3) is 0.438. The van der Waals surface area contributed by atoms with Gasteiger partial charge >= 0.3 is 0 Å². The van der Waals surface area contributed by atoms with E-state index in [-0.39, 0.29) is 17.9 Å². The molecule has 1 amide bonds. The number of carbonyl (C=O) groups excluding carboxylic acids is 1. The molecule has 2 aromatic rings. The maximum absolute atomic E-state index is 11.7. The Morgan fingerprint density at radius 1 is 1.52 bits per heavy atom. The largest absolute Gasteiger partial charge is 0.377 e. The normalized spacial score (nSPS) is 18.5. The summed E-state index contributed by atoms with van der Waals surface area (Å²) < 4.78 is 10.4. The van der Waals surface area contributed by atoms with Crippen molar-refractivity contribution in [3.05, 3.63) is 41.5 Å². The summed E-state index contributed by atoms with van der Waals surface area (Å²) in [5.74, 6) is 0.519. The molecular weight excluding hydrogens is 296 g/mol. The molecule has 2 atom stereocenters. The van der Waals surface area contributed by atoms with Crippen molar-refractivity contribution in [2.75, 3.05) is 18.6 Å². The van der Waals surface area contributed by atoms with Gasteiger partial charge in [0.2, 0.25) is 11.8 Å². The van der Waals surface area contributed by atoms with E-state index in [2.05, 4.69) is 15.0 Å². The summed E-state index contributed by atoms with van der Waals surface area (Å²) in [7, 11) is 1.59. The Hall–Kier alpha value is -2.41. The van der Waals surface area contributed by atoms with Crippen molar-refractivity contribution in [3.63, 3.8) is 0 Å². The second-order valence-electron chi connectivity index (χ2n) is 5.65. The summed E-state index contributed by atoms with van der Waals surface area (Å²) >= 11 is 0. The molecule has 7 nitrogen and oxygen atoms in total. The lowest BCUT2D eigenvalue weighted by molar-refractivity contribution is -0.119. The zero-order chi connectivity index (χ0) is 16.4. The molecule has 23 heavy (non-hydrogen) atoms. The van der Waals surface area contributed by atoms with Gasteiger partial charge in [0.15, 0.2) is 5.82 Å². The summed E-state index contributed by atoms with van der Waals surface area (Å²) in [5.41, 5.74) is 7.48. The molecule has 0 bridgehead atoms. The summed E-state index contributed by atoms with van der Waals surface area (Å²) in [6.45, 7) is 3.02. The van der Waals surface area contributed by atoms with Gasteiger partial charge < -0.3 is 19.9 Å². The average molecular weight is 316 g/mol. The zero-order valence-electron chi connectivity index (χ0n) is 13.2. The summed E-state index contributed by atoms with van der Waals surface area (Å²) in [4.78, 5) is 18.2. The maximum Gasteiger partial charge on any atom is 0.249 e. The summed E-state index contributed by atoms with van der Waals surface area (Å²) in [5, 5.41) is 3.91. The number of rotatable bonds is 5. The van der Waals surface area contributed by atoms with Crippen molar-refractivity contribution in [2.24, 2.45) is 5.73 Å². The minimum absolute atomic E-state index is 0.0944. The van der Waals surface area contributed by atoms with Crippen LogP contribution < -0.4 is 10.6 Å². The fourth-order valence-corrected chi connectivity index (χ4v) is 3.04. The maximum atomic E-state index is 11.7. The lowest BCUT2D eigenvalue weighted by atomic mass is 9.88. The van der Waals surface area contributed by atoms with Crippen LogP contribution in [0, 0.1) is 0 Å². The number of ether oxygens (including phenoxy) is 1. The molecule has 0 saturated carbocycles. The molecule has 0 saturated heterocycles. The number of methoxy groups -OCH3 is 1. The Bertz CT molecular complexity index is 700. The van der Waals surface area contributed by atoms with Gasteiger partial charge in [-0.25, -0.2) is 0 Å². The second kappa shape index (κ2) is 6.37. The van der Waals surface area contributed by atoms with E-state index < -0.39 is 0 Å². The van der Waals surface area contributed by atoms with Crippen LogP contribution in [0.4, 0.5) is 5.69 Å². The van der Waals surface area contributed by atoms with Crippen molar-refractivity contribution in [1.29, 1.82) is 0 Å². The number of fused-ring (bicyclic) bond motifs is 1. The number of hydrogen-bond donors (Lipinski definition) is 1. The molecule has 2 N–H and O–H groups in total. The van der Waals surface area contributed by atoms with E-state index in [1.165, 1.54) is 0 Å². The molecule has 1 aliphatic rings. The van der Waals surface area contributed by atoms with E-state index in [4.69, 9.17) is 15.0 Å². The lowest BCUT2D eigenvalue weighted by Crippen LogP contribution is -2.37. The average Bonchev–Trinajstić information content (AvgIpc) is 3.02. The fourth-order valence-electron chi connectivity index (χ4n) is 3.04. The predicted molar refractivity (Wildman–Crippen MR) is 83.8 cm³/mol. The van der Waals surface area contributed by atoms with Gasteiger partial charge in [0.1, 0.15) is 12.6 Å². The van der Waals surface area contributed by atoms with Crippen LogP contribution in [0.1, 0.15) is 42.6 Å². The number of aromatic nitrogens is 2. The Labute approximate surface area is 134 Å². The number of carbonyl (C=O) groups is 1. The highest BCUT2D eigenvalue weighted by Gasteiger charge is 2.32. The molecular formula is C16H20N4O3. The van der Waals surface area contributed by atoms with Crippen LogP contribution >= 0.6 is 0 Å². The summed E-state index contributed by atoms with van der Waals surface area (Å²) in [6.07, 6.45) is 0.676. The molecule has 2 heterocycles. The first-order valence-corrected chi connectivity index (χ1v) is 7.58. The van der Waals surface area contributed by atoms with Crippen LogP contribution in [0.5, 0.6) is 0 Å². The van der Waals surface area contributed by atoms with Crippen molar-refractivity contribution in [3.8, 4) is 0 Å². The summed E-state index contributed by atoms with van der Waals surface area (Å²) in [6, 6.07) is 7.72. The van der Waals surface area contributed by atoms with Crippen LogP contribution in [-0.2, 0) is 16.1 Å². The first kappa shape index (κ1) is 15.5. The van der Waals surface area contributed by atoms with Gasteiger partial charge in [-0.2, -0.15) is 4.98 Å². The molecule has 0 spiro atoms. The number of hydrogen-bond acceptors (Lipinski definition) is 6. The molecule has 7 heteroatoms. The number of nitrogens with zero attached hydrogens (tertiary/aromatic N) is 3. The van der Waals surface area contributed by atoms with E-state index in [1.54, 1.807) is 7.11 Å². The number of nitrogens with two attached hydrogens (primary N) is 1. The molecule has 1 aromatic carbocycles. The highest BCUT2D eigenvalue weighted by molar-refractivity contribution is 5.85. The third kappa shape index (κ3) is 2.92. The lowest BCUT2D eigenvalue weighted by Gasteiger charge is -2.37. The van der Waals surface area contributed by atoms with Gasteiger partial charge in [-0.05, 0) is 25.0 Å². The van der Waals surface area contributed by atoms with Gasteiger partial charge in [0, 0.05) is 19.3 Å². The molecule has 0 aliphatic carbocycles. The minimum Gasteiger partial charge on any atom is -0.377 e. The number of para-hydroxylation sites is 1. The van der Waals surface area contributed by atoms with E-state index in [9.17, 15) is 4.79 Å². The topological polar surface area (TPSA) is 94.5 Å². The molecule has 1 aromatic heterocycles. The van der Waals surface area contributed by atoms with Gasteiger partial charge in [0.25, 0.3) is 0 Å². The SMILES string of the molecule is COCc1noc([C@H](C)N2CC[C@@H](C(N)=O)c3ccccc32)n1. The van der Waals surface area contributed by atoms with Crippen LogP contribution in [-0.4, -0.2) is 29.7 Å². The molecule has 0 fully saturated rings. The van der Waals surface area contributed by atoms with Crippen LogP contribution in [0.25, 0.3) is 0 Å². The van der Waals surface area contributed by atoms with Crippen LogP contribution in [0.2, 0.25) is 0 Å². The van der Waals surface area contributed by atoms with Gasteiger partial charge in [-0.15, -0.1) is 0 Å². The standard InChI is InChI=1S/C16H20N4O3/c1-10(16-18-14(9-22-2)19-23-16)20-8-7-12(15(17)21)11-5-3-4-6-13(11)20/h3-6,10,12H,7-9H2,1-2H3,(H2,17,21)/t10-,12+/m0/s1. The quantitative estimate of drug-likeness (QED) is 0.903. The molecule has 1 aliphatic heterocycles. The van der Waals surface area contributed by atoms with Crippen molar-refractivity contribution in [2.45, 2.75) is 31.9 Å². The molecule has 0 unspecified atom stereocenters. The zero-order valence-corrected chi connectivity index (χ0v) is 13.2. The van der Waals surface area contributed by atoms with E-state index in [0.29, 0.717) is 31.3 Å². The van der Waals surface area contributed by atoms with E-state index in [0.717, 1.165) is 11.3 Å². The second-order valence-corrected chi connectivity index (χ2v) is 5.65. The number of amides is 1. The van der Waals surface area contributed by atoms with Gasteiger partial charge in [-0.1, -0.05) is 23.4 Å².